The van der Waals surface area contributed by atoms with Crippen LogP contribution in [0.3, 0.4) is 0 Å². The van der Waals surface area contributed by atoms with Gasteiger partial charge in [-0.2, -0.15) is 0 Å². The van der Waals surface area contributed by atoms with Crippen molar-refractivity contribution in [3.05, 3.63) is 64.2 Å². The fraction of sp³-hybridized carbons (Fsp3) is 0.143. The predicted octanol–water partition coefficient (Wildman–Crippen LogP) is 3.33. The molecule has 0 fully saturated rings. The van der Waals surface area contributed by atoms with Gasteiger partial charge in [-0.1, -0.05) is 0 Å². The van der Waals surface area contributed by atoms with E-state index in [9.17, 15) is 18.9 Å². The van der Waals surface area contributed by atoms with Crippen molar-refractivity contribution in [2.24, 2.45) is 0 Å². The second-order valence-corrected chi connectivity index (χ2v) is 4.02. The van der Waals surface area contributed by atoms with Crippen LogP contribution in [-0.4, -0.2) is 18.1 Å². The molecular weight excluding hydrogens is 284 g/mol. The van der Waals surface area contributed by atoms with Crippen LogP contribution in [0.2, 0.25) is 0 Å². The van der Waals surface area contributed by atoms with E-state index >= 15 is 0 Å². The number of nitro benzene ring substituents is 1. The van der Waals surface area contributed by atoms with Crippen LogP contribution in [0.4, 0.5) is 14.5 Å². The van der Waals surface area contributed by atoms with E-state index in [-0.39, 0.29) is 24.7 Å². The molecule has 21 heavy (non-hydrogen) atoms. The molecule has 0 aliphatic heterocycles. The van der Waals surface area contributed by atoms with E-state index in [0.717, 1.165) is 12.1 Å². The van der Waals surface area contributed by atoms with Crippen molar-refractivity contribution in [1.82, 2.24) is 0 Å². The highest BCUT2D eigenvalue weighted by molar-refractivity contribution is 5.35. The number of hydrogen-bond donors (Lipinski definition) is 0. The molecule has 0 atom stereocenters. The molecule has 2 aromatic rings. The molecule has 0 saturated carbocycles. The number of rotatable bonds is 6. The second kappa shape index (κ2) is 6.65. The summed E-state index contributed by atoms with van der Waals surface area (Å²) in [5, 5.41) is 10.5. The molecule has 0 N–H and O–H groups in total. The molecule has 0 unspecified atom stereocenters. The van der Waals surface area contributed by atoms with Crippen LogP contribution in [0.1, 0.15) is 0 Å². The minimum absolute atomic E-state index is 0.0274. The average Bonchev–Trinajstić information content (AvgIpc) is 2.47. The van der Waals surface area contributed by atoms with Gasteiger partial charge in [-0.15, -0.1) is 0 Å². The van der Waals surface area contributed by atoms with Crippen molar-refractivity contribution in [2.45, 2.75) is 0 Å². The number of halogens is 2. The largest absolute Gasteiger partial charge is 0.490 e. The van der Waals surface area contributed by atoms with Crippen molar-refractivity contribution in [3.63, 3.8) is 0 Å². The third-order valence-electron chi connectivity index (χ3n) is 2.56. The first-order chi connectivity index (χ1) is 10.1. The van der Waals surface area contributed by atoms with Gasteiger partial charge in [0.25, 0.3) is 5.69 Å². The zero-order valence-electron chi connectivity index (χ0n) is 10.8. The van der Waals surface area contributed by atoms with E-state index in [0.29, 0.717) is 5.75 Å². The Labute approximate surface area is 118 Å². The van der Waals surface area contributed by atoms with Crippen LogP contribution in [-0.2, 0) is 0 Å². The van der Waals surface area contributed by atoms with Gasteiger partial charge < -0.3 is 9.47 Å². The molecule has 0 radical (unpaired) electrons. The van der Waals surface area contributed by atoms with Gasteiger partial charge in [0.05, 0.1) is 4.92 Å². The van der Waals surface area contributed by atoms with Crippen molar-refractivity contribution in [2.75, 3.05) is 13.2 Å². The standard InChI is InChI=1S/C14H11F2NO4/c15-13-6-5-12(9-14(13)16)21-8-7-20-11-3-1-10(2-4-11)17(18)19/h1-6,9H,7-8H2. The molecule has 0 saturated heterocycles. The topological polar surface area (TPSA) is 61.6 Å². The highest BCUT2D eigenvalue weighted by Gasteiger charge is 2.05. The summed E-state index contributed by atoms with van der Waals surface area (Å²) >= 11 is 0. The minimum atomic E-state index is -0.983. The van der Waals surface area contributed by atoms with Crippen LogP contribution in [0.5, 0.6) is 11.5 Å². The first-order valence-corrected chi connectivity index (χ1v) is 6.01. The van der Waals surface area contributed by atoms with Gasteiger partial charge in [0.1, 0.15) is 24.7 Å². The summed E-state index contributed by atoms with van der Waals surface area (Å²) in [4.78, 5) is 9.96. The number of nitrogens with zero attached hydrogens (tertiary/aromatic N) is 1. The Bertz CT molecular complexity index is 631. The van der Waals surface area contributed by atoms with Crippen LogP contribution in [0.15, 0.2) is 42.5 Å². The molecular formula is C14H11F2NO4. The lowest BCUT2D eigenvalue weighted by Crippen LogP contribution is -2.09. The molecule has 0 amide bonds. The summed E-state index contributed by atoms with van der Waals surface area (Å²) < 4.78 is 36.1. The van der Waals surface area contributed by atoms with Gasteiger partial charge in [0.15, 0.2) is 11.6 Å². The SMILES string of the molecule is O=[N+]([O-])c1ccc(OCCOc2ccc(F)c(F)c2)cc1. The van der Waals surface area contributed by atoms with Crippen LogP contribution < -0.4 is 9.47 Å². The summed E-state index contributed by atoms with van der Waals surface area (Å²) in [6, 6.07) is 8.82. The quantitative estimate of drug-likeness (QED) is 0.466. The molecule has 0 bridgehead atoms. The summed E-state index contributed by atoms with van der Waals surface area (Å²) in [6.45, 7) is 0.291. The Morgan fingerprint density at radius 1 is 0.905 bits per heavy atom. The molecule has 2 aromatic carbocycles. The summed E-state index contributed by atoms with van der Waals surface area (Å²) in [7, 11) is 0. The van der Waals surface area contributed by atoms with E-state index in [1.165, 1.54) is 30.3 Å². The summed E-state index contributed by atoms with van der Waals surface area (Å²) in [5.41, 5.74) is -0.0274. The fourth-order valence-electron chi connectivity index (χ4n) is 1.55. The summed E-state index contributed by atoms with van der Waals surface area (Å²) in [5.74, 6) is -1.27. The highest BCUT2D eigenvalue weighted by atomic mass is 19.2. The van der Waals surface area contributed by atoms with E-state index in [1.54, 1.807) is 0 Å². The van der Waals surface area contributed by atoms with E-state index < -0.39 is 16.6 Å². The second-order valence-electron chi connectivity index (χ2n) is 4.02. The van der Waals surface area contributed by atoms with Crippen LogP contribution in [0, 0.1) is 21.7 Å². The van der Waals surface area contributed by atoms with Crippen molar-refractivity contribution in [1.29, 1.82) is 0 Å². The Balaban J connectivity index is 1.79. The third-order valence-corrected chi connectivity index (χ3v) is 2.56. The Kier molecular flexibility index (Phi) is 4.65. The normalized spacial score (nSPS) is 10.2. The van der Waals surface area contributed by atoms with Crippen LogP contribution >= 0.6 is 0 Å². The first kappa shape index (κ1) is 14.7. The Morgan fingerprint density at radius 3 is 2.05 bits per heavy atom. The Hall–Kier alpha value is -2.70. The fourth-order valence-corrected chi connectivity index (χ4v) is 1.55. The number of ether oxygens (including phenoxy) is 2. The zero-order valence-corrected chi connectivity index (χ0v) is 10.8. The molecule has 0 aliphatic carbocycles. The number of non-ortho nitro benzene ring substituents is 1. The maximum atomic E-state index is 12.9. The molecule has 5 nitrogen and oxygen atoms in total. The lowest BCUT2D eigenvalue weighted by Gasteiger charge is -2.08. The van der Waals surface area contributed by atoms with E-state index in [2.05, 4.69) is 0 Å². The molecule has 0 aliphatic rings. The Morgan fingerprint density at radius 2 is 1.48 bits per heavy atom. The predicted molar refractivity (Wildman–Crippen MR) is 70.4 cm³/mol. The van der Waals surface area contributed by atoms with Crippen molar-refractivity contribution in [3.8, 4) is 11.5 Å². The maximum absolute atomic E-state index is 12.9. The van der Waals surface area contributed by atoms with Gasteiger partial charge in [-0.3, -0.25) is 10.1 Å². The van der Waals surface area contributed by atoms with Gasteiger partial charge in [-0.25, -0.2) is 8.78 Å². The lowest BCUT2D eigenvalue weighted by molar-refractivity contribution is -0.384. The smallest absolute Gasteiger partial charge is 0.269 e. The van der Waals surface area contributed by atoms with E-state index in [1.807, 2.05) is 0 Å². The molecule has 110 valence electrons. The van der Waals surface area contributed by atoms with Crippen molar-refractivity contribution >= 4 is 5.69 Å². The van der Waals surface area contributed by atoms with Crippen LogP contribution in [0.25, 0.3) is 0 Å². The zero-order chi connectivity index (χ0) is 15.2. The monoisotopic (exact) mass is 295 g/mol. The molecule has 2 rings (SSSR count). The molecule has 0 spiro atoms. The van der Waals surface area contributed by atoms with Gasteiger partial charge in [0, 0.05) is 18.2 Å². The first-order valence-electron chi connectivity index (χ1n) is 6.01. The van der Waals surface area contributed by atoms with E-state index in [4.69, 9.17) is 9.47 Å². The van der Waals surface area contributed by atoms with Gasteiger partial charge in [-0.05, 0) is 24.3 Å². The number of benzene rings is 2. The lowest BCUT2D eigenvalue weighted by atomic mass is 10.3. The molecule has 0 aromatic heterocycles. The molecule has 7 heteroatoms. The maximum Gasteiger partial charge on any atom is 0.269 e. The third kappa shape index (κ3) is 4.13. The number of nitro groups is 1. The van der Waals surface area contributed by atoms with Crippen molar-refractivity contribution < 1.29 is 23.2 Å². The molecule has 0 heterocycles. The van der Waals surface area contributed by atoms with Gasteiger partial charge >= 0.3 is 0 Å². The minimum Gasteiger partial charge on any atom is -0.490 e. The average molecular weight is 295 g/mol. The van der Waals surface area contributed by atoms with Gasteiger partial charge in [0.2, 0.25) is 0 Å². The highest BCUT2D eigenvalue weighted by Crippen LogP contribution is 2.18. The number of hydrogen-bond acceptors (Lipinski definition) is 4. The summed E-state index contributed by atoms with van der Waals surface area (Å²) in [6.07, 6.45) is 0.